The highest BCUT2D eigenvalue weighted by Crippen LogP contribution is 2.26. The van der Waals surface area contributed by atoms with Gasteiger partial charge in [0.15, 0.2) is 0 Å². The molecular formula is C13H24ClNOS. The lowest BCUT2D eigenvalue weighted by Gasteiger charge is -2.31. The molecule has 0 bridgehead atoms. The van der Waals surface area contributed by atoms with Crippen molar-refractivity contribution in [1.82, 2.24) is 5.32 Å². The minimum Gasteiger partial charge on any atom is -0.349 e. The van der Waals surface area contributed by atoms with E-state index in [1.165, 1.54) is 24.3 Å². The molecule has 0 aromatic carbocycles. The van der Waals surface area contributed by atoms with Crippen LogP contribution in [0.1, 0.15) is 46.0 Å². The summed E-state index contributed by atoms with van der Waals surface area (Å²) in [5.41, 5.74) is -0.192. The Bertz CT molecular complexity index is 229. The maximum Gasteiger partial charge on any atom is 0.220 e. The zero-order valence-electron chi connectivity index (χ0n) is 10.9. The van der Waals surface area contributed by atoms with Crippen molar-refractivity contribution in [3.8, 4) is 0 Å². The van der Waals surface area contributed by atoms with E-state index in [9.17, 15) is 4.79 Å². The van der Waals surface area contributed by atoms with Gasteiger partial charge in [-0.3, -0.25) is 4.79 Å². The molecule has 2 nitrogen and oxygen atoms in total. The molecule has 1 aliphatic rings. The molecule has 17 heavy (non-hydrogen) atoms. The number of carbonyl (C=O) groups excluding carboxylic acids is 1. The maximum atomic E-state index is 12.0. The molecule has 0 atom stereocenters. The predicted octanol–water partition coefficient (Wildman–Crippen LogP) is 3.43. The zero-order chi connectivity index (χ0) is 12.7. The Balaban J connectivity index is 2.41. The van der Waals surface area contributed by atoms with Gasteiger partial charge in [0.1, 0.15) is 0 Å². The van der Waals surface area contributed by atoms with Gasteiger partial charge in [0.25, 0.3) is 0 Å². The van der Waals surface area contributed by atoms with E-state index in [1.807, 2.05) is 11.8 Å². The summed E-state index contributed by atoms with van der Waals surface area (Å²) in [6.07, 6.45) is 4.85. The summed E-state index contributed by atoms with van der Waals surface area (Å²) in [6.45, 7) is 4.17. The molecule has 0 aromatic heterocycles. The number of alkyl halides is 1. The molecule has 1 rings (SSSR count). The van der Waals surface area contributed by atoms with E-state index in [0.29, 0.717) is 18.2 Å². The first-order chi connectivity index (χ1) is 8.15. The summed E-state index contributed by atoms with van der Waals surface area (Å²) in [5.74, 6) is 3.69. The van der Waals surface area contributed by atoms with Crippen LogP contribution in [0.2, 0.25) is 0 Å². The molecule has 1 N–H and O–H groups in total. The molecule has 0 saturated carbocycles. The van der Waals surface area contributed by atoms with Crippen molar-refractivity contribution in [2.45, 2.75) is 51.5 Å². The second-order valence-corrected chi connectivity index (χ2v) is 6.42. The summed E-state index contributed by atoms with van der Waals surface area (Å²) in [7, 11) is 0. The fourth-order valence-corrected chi connectivity index (χ4v) is 3.86. The van der Waals surface area contributed by atoms with Crippen molar-refractivity contribution in [3.05, 3.63) is 0 Å². The quantitative estimate of drug-likeness (QED) is 0.754. The molecule has 1 fully saturated rings. The Kier molecular flexibility index (Phi) is 6.71. The van der Waals surface area contributed by atoms with Gasteiger partial charge in [-0.1, -0.05) is 13.8 Å². The number of rotatable bonds is 6. The van der Waals surface area contributed by atoms with E-state index >= 15 is 0 Å². The molecule has 4 heteroatoms. The third kappa shape index (κ3) is 4.70. The van der Waals surface area contributed by atoms with Crippen molar-refractivity contribution in [1.29, 1.82) is 0 Å². The van der Waals surface area contributed by atoms with Crippen LogP contribution in [0.15, 0.2) is 0 Å². The molecule has 1 heterocycles. The summed E-state index contributed by atoms with van der Waals surface area (Å²) < 4.78 is 0. The summed E-state index contributed by atoms with van der Waals surface area (Å²) >= 11 is 7.99. The van der Waals surface area contributed by atoms with Crippen LogP contribution in [-0.4, -0.2) is 28.8 Å². The highest BCUT2D eigenvalue weighted by atomic mass is 35.5. The number of nitrogens with one attached hydrogen (secondary N) is 1. The van der Waals surface area contributed by atoms with Crippen LogP contribution < -0.4 is 5.32 Å². The Morgan fingerprint density at radius 3 is 2.41 bits per heavy atom. The number of halogens is 1. The van der Waals surface area contributed by atoms with Gasteiger partial charge in [-0.05, 0) is 43.1 Å². The Labute approximate surface area is 114 Å². The largest absolute Gasteiger partial charge is 0.349 e. The molecule has 1 aliphatic heterocycles. The highest BCUT2D eigenvalue weighted by Gasteiger charge is 2.28. The normalized spacial score (nSPS) is 18.1. The summed E-state index contributed by atoms with van der Waals surface area (Å²) in [6, 6.07) is 0. The van der Waals surface area contributed by atoms with Crippen LogP contribution in [0.25, 0.3) is 0 Å². The molecule has 0 radical (unpaired) electrons. The lowest BCUT2D eigenvalue weighted by atomic mass is 9.93. The molecule has 0 unspecified atom stereocenters. The van der Waals surface area contributed by atoms with Crippen molar-refractivity contribution < 1.29 is 4.79 Å². The van der Waals surface area contributed by atoms with Crippen molar-refractivity contribution in [2.24, 2.45) is 5.92 Å². The smallest absolute Gasteiger partial charge is 0.220 e. The SMILES string of the molecule is CCC(CC)(CCl)NC(=O)CC1CCSCC1. The monoisotopic (exact) mass is 277 g/mol. The predicted molar refractivity (Wildman–Crippen MR) is 76.8 cm³/mol. The van der Waals surface area contributed by atoms with Gasteiger partial charge < -0.3 is 5.32 Å². The minimum absolute atomic E-state index is 0.186. The molecule has 0 spiro atoms. The highest BCUT2D eigenvalue weighted by molar-refractivity contribution is 7.99. The summed E-state index contributed by atoms with van der Waals surface area (Å²) in [4.78, 5) is 12.0. The number of carbonyl (C=O) groups is 1. The Morgan fingerprint density at radius 1 is 1.35 bits per heavy atom. The third-order valence-electron chi connectivity index (χ3n) is 3.83. The van der Waals surface area contributed by atoms with Crippen LogP contribution in [0.4, 0.5) is 0 Å². The molecule has 1 amide bonds. The van der Waals surface area contributed by atoms with E-state index in [1.54, 1.807) is 0 Å². The fraction of sp³-hybridized carbons (Fsp3) is 0.923. The standard InChI is InChI=1S/C13H24ClNOS/c1-3-13(4-2,10-14)15-12(16)9-11-5-7-17-8-6-11/h11H,3-10H2,1-2H3,(H,15,16). The van der Waals surface area contributed by atoms with Crippen LogP contribution in [0.5, 0.6) is 0 Å². The average molecular weight is 278 g/mol. The van der Waals surface area contributed by atoms with Crippen molar-refractivity contribution in [3.63, 3.8) is 0 Å². The Morgan fingerprint density at radius 2 is 1.94 bits per heavy atom. The summed E-state index contributed by atoms with van der Waals surface area (Å²) in [5, 5.41) is 3.15. The van der Waals surface area contributed by atoms with Crippen LogP contribution in [0, 0.1) is 5.92 Å². The van der Waals surface area contributed by atoms with E-state index < -0.39 is 0 Å². The first kappa shape index (κ1) is 15.2. The minimum atomic E-state index is -0.192. The van der Waals surface area contributed by atoms with Gasteiger partial charge in [-0.15, -0.1) is 11.6 Å². The number of hydrogen-bond acceptors (Lipinski definition) is 2. The van der Waals surface area contributed by atoms with Gasteiger partial charge in [0.2, 0.25) is 5.91 Å². The number of amides is 1. The van der Waals surface area contributed by atoms with E-state index in [2.05, 4.69) is 19.2 Å². The van der Waals surface area contributed by atoms with E-state index in [0.717, 1.165) is 12.8 Å². The zero-order valence-corrected chi connectivity index (χ0v) is 12.5. The van der Waals surface area contributed by atoms with Gasteiger partial charge in [-0.2, -0.15) is 11.8 Å². The van der Waals surface area contributed by atoms with Gasteiger partial charge in [0, 0.05) is 12.3 Å². The second kappa shape index (κ2) is 7.52. The van der Waals surface area contributed by atoms with Crippen LogP contribution in [0.3, 0.4) is 0 Å². The number of thioether (sulfide) groups is 1. The van der Waals surface area contributed by atoms with E-state index in [-0.39, 0.29) is 11.4 Å². The lowest BCUT2D eigenvalue weighted by molar-refractivity contribution is -0.123. The Hall–Kier alpha value is 0.110. The molecule has 0 aliphatic carbocycles. The molecular weight excluding hydrogens is 254 g/mol. The molecule has 1 saturated heterocycles. The topological polar surface area (TPSA) is 29.1 Å². The first-order valence-electron chi connectivity index (χ1n) is 6.60. The van der Waals surface area contributed by atoms with Gasteiger partial charge in [0.05, 0.1) is 5.54 Å². The first-order valence-corrected chi connectivity index (χ1v) is 8.29. The lowest BCUT2D eigenvalue weighted by Crippen LogP contribution is -2.49. The number of hydrogen-bond donors (Lipinski definition) is 1. The average Bonchev–Trinajstić information content (AvgIpc) is 2.37. The molecule has 100 valence electrons. The van der Waals surface area contributed by atoms with Crippen molar-refractivity contribution in [2.75, 3.05) is 17.4 Å². The van der Waals surface area contributed by atoms with Crippen LogP contribution >= 0.6 is 23.4 Å². The second-order valence-electron chi connectivity index (χ2n) is 4.93. The maximum absolute atomic E-state index is 12.0. The van der Waals surface area contributed by atoms with Gasteiger partial charge in [-0.25, -0.2) is 0 Å². The third-order valence-corrected chi connectivity index (χ3v) is 5.39. The van der Waals surface area contributed by atoms with Gasteiger partial charge >= 0.3 is 0 Å². The van der Waals surface area contributed by atoms with E-state index in [4.69, 9.17) is 11.6 Å². The van der Waals surface area contributed by atoms with Crippen molar-refractivity contribution >= 4 is 29.3 Å². The fourth-order valence-electron chi connectivity index (χ4n) is 2.21. The molecule has 0 aromatic rings. The van der Waals surface area contributed by atoms with Crippen LogP contribution in [-0.2, 0) is 4.79 Å².